The molecule has 1 fully saturated rings. The van der Waals surface area contributed by atoms with Gasteiger partial charge in [-0.1, -0.05) is 36.4 Å². The first-order valence-corrected chi connectivity index (χ1v) is 10.7. The van der Waals surface area contributed by atoms with Crippen LogP contribution in [0.2, 0.25) is 0 Å². The van der Waals surface area contributed by atoms with Gasteiger partial charge in [0, 0.05) is 6.61 Å². The van der Waals surface area contributed by atoms with Gasteiger partial charge in [0.05, 0.1) is 6.61 Å². The van der Waals surface area contributed by atoms with E-state index in [2.05, 4.69) is 19.1 Å². The molecule has 1 aliphatic rings. The van der Waals surface area contributed by atoms with Crippen LogP contribution < -0.4 is 4.74 Å². The summed E-state index contributed by atoms with van der Waals surface area (Å²) in [6, 6.07) is 16.2. The number of hydrogen-bond donors (Lipinski definition) is 4. The molecule has 0 radical (unpaired) electrons. The summed E-state index contributed by atoms with van der Waals surface area (Å²) in [6.45, 7) is 2.49. The fourth-order valence-electron chi connectivity index (χ4n) is 3.52. The van der Waals surface area contributed by atoms with Gasteiger partial charge in [-0.2, -0.15) is 0 Å². The van der Waals surface area contributed by atoms with E-state index in [0.717, 1.165) is 25.0 Å². The molecule has 1 saturated heterocycles. The highest BCUT2D eigenvalue weighted by Gasteiger charge is 2.43. The Morgan fingerprint density at radius 3 is 2.35 bits per heavy atom. The molecule has 170 valence electrons. The molecule has 1 heterocycles. The lowest BCUT2D eigenvalue weighted by molar-refractivity contribution is -0.301. The third kappa shape index (κ3) is 6.49. The van der Waals surface area contributed by atoms with E-state index in [-0.39, 0.29) is 0 Å². The second-order valence-corrected chi connectivity index (χ2v) is 7.88. The van der Waals surface area contributed by atoms with Crippen molar-refractivity contribution in [2.45, 2.75) is 63.5 Å². The molecule has 0 aliphatic carbocycles. The standard InChI is InChI=1S/C24H32O7/c1-16-6-2-3-8-18(16)15-30-19-11-9-17(10-12-19)7-4-5-13-29-24-23(28)22(27)21(26)20(14-25)31-24/h2-3,6,8-12,20-28H,4-5,7,13-15H2,1H3/t20-,21-,22+,23-,24-/m1/s1. The number of aryl methyl sites for hydroxylation is 2. The molecule has 0 spiro atoms. The zero-order valence-electron chi connectivity index (χ0n) is 17.8. The van der Waals surface area contributed by atoms with Gasteiger partial charge in [-0.15, -0.1) is 0 Å². The van der Waals surface area contributed by atoms with E-state index >= 15 is 0 Å². The summed E-state index contributed by atoms with van der Waals surface area (Å²) < 4.78 is 16.7. The van der Waals surface area contributed by atoms with E-state index in [1.54, 1.807) is 0 Å². The number of hydrogen-bond acceptors (Lipinski definition) is 7. The SMILES string of the molecule is Cc1ccccc1COc1ccc(CCCCO[C@@H]2O[C@H](CO)[C@@H](O)[C@H](O)[C@H]2O)cc1. The van der Waals surface area contributed by atoms with Crippen molar-refractivity contribution in [1.29, 1.82) is 0 Å². The van der Waals surface area contributed by atoms with Crippen LogP contribution >= 0.6 is 0 Å². The predicted octanol–water partition coefficient (Wildman–Crippen LogP) is 1.71. The molecule has 3 rings (SSSR count). The summed E-state index contributed by atoms with van der Waals surface area (Å²) in [4.78, 5) is 0. The maximum Gasteiger partial charge on any atom is 0.186 e. The van der Waals surface area contributed by atoms with Gasteiger partial charge >= 0.3 is 0 Å². The Morgan fingerprint density at radius 1 is 0.903 bits per heavy atom. The van der Waals surface area contributed by atoms with Crippen LogP contribution in [0.3, 0.4) is 0 Å². The van der Waals surface area contributed by atoms with Crippen LogP contribution in [0, 0.1) is 6.92 Å². The van der Waals surface area contributed by atoms with Crippen LogP contribution in [0.1, 0.15) is 29.5 Å². The highest BCUT2D eigenvalue weighted by atomic mass is 16.7. The lowest BCUT2D eigenvalue weighted by atomic mass is 9.99. The number of aliphatic hydroxyl groups is 4. The Kier molecular flexibility index (Phi) is 8.83. The molecule has 5 atom stereocenters. The second-order valence-electron chi connectivity index (χ2n) is 7.88. The van der Waals surface area contributed by atoms with Crippen molar-refractivity contribution >= 4 is 0 Å². The summed E-state index contributed by atoms with van der Waals surface area (Å²) >= 11 is 0. The molecule has 31 heavy (non-hydrogen) atoms. The summed E-state index contributed by atoms with van der Waals surface area (Å²) in [5.41, 5.74) is 3.58. The molecule has 7 heteroatoms. The van der Waals surface area contributed by atoms with Crippen molar-refractivity contribution in [3.63, 3.8) is 0 Å². The minimum atomic E-state index is -1.41. The largest absolute Gasteiger partial charge is 0.489 e. The normalized spacial score (nSPS) is 26.0. The fraction of sp³-hybridized carbons (Fsp3) is 0.500. The average molecular weight is 433 g/mol. The Bertz CT molecular complexity index is 793. The lowest BCUT2D eigenvalue weighted by Gasteiger charge is -2.39. The minimum absolute atomic E-state index is 0.334. The van der Waals surface area contributed by atoms with Crippen LogP contribution in [0.15, 0.2) is 48.5 Å². The Balaban J connectivity index is 1.36. The van der Waals surface area contributed by atoms with Crippen LogP contribution in [-0.4, -0.2) is 64.3 Å². The summed E-state index contributed by atoms with van der Waals surface area (Å²) in [7, 11) is 0. The zero-order chi connectivity index (χ0) is 22.2. The highest BCUT2D eigenvalue weighted by molar-refractivity contribution is 5.29. The molecule has 0 amide bonds. The molecule has 0 bridgehead atoms. The molecule has 0 aromatic heterocycles. The zero-order valence-corrected chi connectivity index (χ0v) is 17.8. The van der Waals surface area contributed by atoms with Gasteiger partial charge in [0.25, 0.3) is 0 Å². The van der Waals surface area contributed by atoms with Gasteiger partial charge in [0.15, 0.2) is 6.29 Å². The van der Waals surface area contributed by atoms with E-state index in [1.807, 2.05) is 36.4 Å². The molecule has 0 saturated carbocycles. The molecule has 4 N–H and O–H groups in total. The van der Waals surface area contributed by atoms with Crippen molar-refractivity contribution in [3.8, 4) is 5.75 Å². The molecule has 2 aromatic carbocycles. The number of benzene rings is 2. The molecule has 0 unspecified atom stereocenters. The van der Waals surface area contributed by atoms with Gasteiger partial charge < -0.3 is 34.6 Å². The monoisotopic (exact) mass is 432 g/mol. The first kappa shape index (κ1) is 23.7. The number of aliphatic hydroxyl groups excluding tert-OH is 4. The molecule has 2 aromatic rings. The Morgan fingerprint density at radius 2 is 1.65 bits per heavy atom. The third-order valence-corrected chi connectivity index (χ3v) is 5.57. The third-order valence-electron chi connectivity index (χ3n) is 5.57. The maximum atomic E-state index is 9.96. The predicted molar refractivity (Wildman–Crippen MR) is 115 cm³/mol. The van der Waals surface area contributed by atoms with Crippen LogP contribution in [0.25, 0.3) is 0 Å². The second kappa shape index (κ2) is 11.6. The van der Waals surface area contributed by atoms with Crippen molar-refractivity contribution in [1.82, 2.24) is 0 Å². The van der Waals surface area contributed by atoms with Crippen molar-refractivity contribution < 1.29 is 34.6 Å². The van der Waals surface area contributed by atoms with Crippen LogP contribution in [0.5, 0.6) is 5.75 Å². The number of rotatable bonds is 10. The van der Waals surface area contributed by atoms with E-state index in [1.165, 1.54) is 16.7 Å². The molecular weight excluding hydrogens is 400 g/mol. The van der Waals surface area contributed by atoms with Crippen molar-refractivity contribution in [3.05, 3.63) is 65.2 Å². The smallest absolute Gasteiger partial charge is 0.186 e. The van der Waals surface area contributed by atoms with Gasteiger partial charge in [0.2, 0.25) is 0 Å². The van der Waals surface area contributed by atoms with Gasteiger partial charge in [-0.05, 0) is 55.0 Å². The quantitative estimate of drug-likeness (QED) is 0.423. The van der Waals surface area contributed by atoms with Crippen LogP contribution in [0.4, 0.5) is 0 Å². The fourth-order valence-corrected chi connectivity index (χ4v) is 3.52. The molecular formula is C24H32O7. The van der Waals surface area contributed by atoms with Crippen LogP contribution in [-0.2, 0) is 22.5 Å². The molecule has 7 nitrogen and oxygen atoms in total. The van der Waals surface area contributed by atoms with Gasteiger partial charge in [-0.3, -0.25) is 0 Å². The topological polar surface area (TPSA) is 109 Å². The first-order chi connectivity index (χ1) is 15.0. The highest BCUT2D eigenvalue weighted by Crippen LogP contribution is 2.22. The Labute approximate surface area is 182 Å². The van der Waals surface area contributed by atoms with Crippen molar-refractivity contribution in [2.75, 3.05) is 13.2 Å². The van der Waals surface area contributed by atoms with E-state index < -0.39 is 37.3 Å². The minimum Gasteiger partial charge on any atom is -0.489 e. The summed E-state index contributed by atoms with van der Waals surface area (Å²) in [5.74, 6) is 0.831. The maximum absolute atomic E-state index is 9.96. The Hall–Kier alpha value is -2.00. The van der Waals surface area contributed by atoms with Crippen molar-refractivity contribution in [2.24, 2.45) is 0 Å². The van der Waals surface area contributed by atoms with Gasteiger partial charge in [0.1, 0.15) is 36.8 Å². The molecule has 1 aliphatic heterocycles. The summed E-state index contributed by atoms with van der Waals surface area (Å²) in [5, 5.41) is 38.7. The lowest BCUT2D eigenvalue weighted by Crippen LogP contribution is -2.59. The van der Waals surface area contributed by atoms with Gasteiger partial charge in [-0.25, -0.2) is 0 Å². The number of ether oxygens (including phenoxy) is 3. The van der Waals surface area contributed by atoms with E-state index in [4.69, 9.17) is 14.2 Å². The number of unbranched alkanes of at least 4 members (excludes halogenated alkanes) is 1. The summed E-state index contributed by atoms with van der Waals surface area (Å²) in [6.07, 6.45) is -3.68. The average Bonchev–Trinajstić information content (AvgIpc) is 2.79. The van der Waals surface area contributed by atoms with E-state index in [0.29, 0.717) is 13.2 Å². The van der Waals surface area contributed by atoms with E-state index in [9.17, 15) is 20.4 Å². The first-order valence-electron chi connectivity index (χ1n) is 10.7.